The van der Waals surface area contributed by atoms with Crippen molar-refractivity contribution < 1.29 is 32.2 Å². The van der Waals surface area contributed by atoms with E-state index in [9.17, 15) is 13.2 Å². The molecule has 0 radical (unpaired) electrons. The fourth-order valence-corrected chi connectivity index (χ4v) is 6.81. The minimum atomic E-state index is -3.85. The summed E-state index contributed by atoms with van der Waals surface area (Å²) in [4.78, 5) is 16.7. The van der Waals surface area contributed by atoms with E-state index in [1.54, 1.807) is 12.0 Å². The Morgan fingerprint density at radius 2 is 1.81 bits per heavy atom. The van der Waals surface area contributed by atoms with Crippen molar-refractivity contribution in [3.05, 3.63) is 11.1 Å². The number of carbonyl (C=O) groups is 1. The highest BCUT2D eigenvalue weighted by Gasteiger charge is 2.41. The number of benzene rings is 1. The van der Waals surface area contributed by atoms with Crippen molar-refractivity contribution in [2.24, 2.45) is 0 Å². The van der Waals surface area contributed by atoms with Crippen LogP contribution in [0.3, 0.4) is 0 Å². The van der Waals surface area contributed by atoms with Crippen LogP contribution in [0.5, 0.6) is 17.2 Å². The van der Waals surface area contributed by atoms with Gasteiger partial charge in [0.25, 0.3) is 5.91 Å². The lowest BCUT2D eigenvalue weighted by molar-refractivity contribution is -0.142. The zero-order valence-electron chi connectivity index (χ0n) is 18.5. The number of rotatable bonds is 4. The SMILES string of the molecule is COc1c2c(c(S(=O)(=O)N3CCN(C(=O)[C@H]4CCCO4)CC3)c3c1OCO3)CCN(C)C2. The Morgan fingerprint density at radius 3 is 2.50 bits per heavy atom. The second-order valence-corrected chi connectivity index (χ2v) is 10.5. The molecule has 1 aromatic rings. The first-order chi connectivity index (χ1) is 15.4. The fourth-order valence-electron chi connectivity index (χ4n) is 4.99. The number of piperazine rings is 1. The largest absolute Gasteiger partial charge is 0.492 e. The van der Waals surface area contributed by atoms with E-state index in [0.29, 0.717) is 44.2 Å². The maximum absolute atomic E-state index is 13.8. The molecular weight excluding hydrogens is 438 g/mol. The molecule has 32 heavy (non-hydrogen) atoms. The standard InChI is InChI=1S/C21H29N3O7S/c1-22-6-5-14-15(12-22)17(28-2)18-19(31-13-30-18)20(14)32(26,27)24-9-7-23(8-10-24)21(25)16-4-3-11-29-16/h16H,3-13H2,1-2H3/t16-/m1/s1. The Hall–Kier alpha value is -2.08. The van der Waals surface area contributed by atoms with Crippen molar-refractivity contribution >= 4 is 15.9 Å². The Morgan fingerprint density at radius 1 is 1.06 bits per heavy atom. The number of hydrogen-bond donors (Lipinski definition) is 0. The average molecular weight is 468 g/mol. The molecule has 11 heteroatoms. The molecule has 2 fully saturated rings. The van der Waals surface area contributed by atoms with Crippen molar-refractivity contribution in [2.75, 3.05) is 60.3 Å². The maximum atomic E-state index is 13.8. The lowest BCUT2D eigenvalue weighted by Gasteiger charge is -2.36. The van der Waals surface area contributed by atoms with E-state index in [-0.39, 0.29) is 36.4 Å². The summed E-state index contributed by atoms with van der Waals surface area (Å²) in [6.07, 6.45) is 1.80. The number of likely N-dealkylation sites (N-methyl/N-ethyl adjacent to an activating group) is 1. The number of methoxy groups -OCH3 is 1. The molecule has 0 spiro atoms. The molecule has 4 aliphatic rings. The van der Waals surface area contributed by atoms with Crippen LogP contribution in [0, 0.1) is 0 Å². The minimum Gasteiger partial charge on any atom is -0.492 e. The van der Waals surface area contributed by atoms with E-state index in [1.165, 1.54) is 4.31 Å². The Labute approximate surface area is 188 Å². The van der Waals surface area contributed by atoms with Crippen molar-refractivity contribution in [3.8, 4) is 17.2 Å². The van der Waals surface area contributed by atoms with E-state index < -0.39 is 16.1 Å². The predicted octanol–water partition coefficient (Wildman–Crippen LogP) is 0.424. The molecule has 2 saturated heterocycles. The van der Waals surface area contributed by atoms with Crippen LogP contribution in [0.2, 0.25) is 0 Å². The van der Waals surface area contributed by atoms with Crippen LogP contribution in [-0.2, 0) is 32.5 Å². The van der Waals surface area contributed by atoms with Gasteiger partial charge in [-0.05, 0) is 31.9 Å². The molecule has 0 bridgehead atoms. The highest BCUT2D eigenvalue weighted by molar-refractivity contribution is 7.89. The first kappa shape index (κ1) is 21.7. The minimum absolute atomic E-state index is 0.0398. The predicted molar refractivity (Wildman–Crippen MR) is 113 cm³/mol. The summed E-state index contributed by atoms with van der Waals surface area (Å²) in [5, 5.41) is 0. The molecule has 0 unspecified atom stereocenters. The second-order valence-electron chi connectivity index (χ2n) is 8.60. The van der Waals surface area contributed by atoms with Gasteiger partial charge < -0.3 is 28.7 Å². The third-order valence-electron chi connectivity index (χ3n) is 6.67. The highest BCUT2D eigenvalue weighted by Crippen LogP contribution is 2.51. The van der Waals surface area contributed by atoms with Gasteiger partial charge in [0.1, 0.15) is 11.0 Å². The number of ether oxygens (including phenoxy) is 4. The lowest BCUT2D eigenvalue weighted by atomic mass is 9.97. The smallest absolute Gasteiger partial charge is 0.251 e. The quantitative estimate of drug-likeness (QED) is 0.629. The monoisotopic (exact) mass is 467 g/mol. The van der Waals surface area contributed by atoms with Crippen LogP contribution in [0.25, 0.3) is 0 Å². The first-order valence-corrected chi connectivity index (χ1v) is 12.5. The van der Waals surface area contributed by atoms with Gasteiger partial charge in [-0.1, -0.05) is 0 Å². The van der Waals surface area contributed by atoms with E-state index in [2.05, 4.69) is 4.90 Å². The van der Waals surface area contributed by atoms with Crippen molar-refractivity contribution in [1.29, 1.82) is 0 Å². The van der Waals surface area contributed by atoms with Gasteiger partial charge in [-0.3, -0.25) is 4.79 Å². The molecule has 4 heterocycles. The molecule has 0 aliphatic carbocycles. The molecule has 4 aliphatic heterocycles. The molecule has 1 aromatic carbocycles. The van der Waals surface area contributed by atoms with Gasteiger partial charge in [0.2, 0.25) is 22.6 Å². The van der Waals surface area contributed by atoms with Crippen molar-refractivity contribution in [2.45, 2.75) is 36.8 Å². The molecule has 10 nitrogen and oxygen atoms in total. The number of hydrogen-bond acceptors (Lipinski definition) is 8. The Bertz CT molecular complexity index is 1010. The molecular formula is C21H29N3O7S. The van der Waals surface area contributed by atoms with Gasteiger partial charge >= 0.3 is 0 Å². The van der Waals surface area contributed by atoms with Crippen LogP contribution >= 0.6 is 0 Å². The van der Waals surface area contributed by atoms with E-state index >= 15 is 0 Å². The summed E-state index contributed by atoms with van der Waals surface area (Å²) in [6, 6.07) is 0. The number of nitrogens with zero attached hydrogens (tertiary/aromatic N) is 3. The summed E-state index contributed by atoms with van der Waals surface area (Å²) >= 11 is 0. The topological polar surface area (TPSA) is 97.9 Å². The normalized spacial score (nSPS) is 23.9. The Balaban J connectivity index is 1.45. The zero-order valence-corrected chi connectivity index (χ0v) is 19.3. The number of sulfonamides is 1. The van der Waals surface area contributed by atoms with Crippen LogP contribution in [0.4, 0.5) is 0 Å². The lowest BCUT2D eigenvalue weighted by Crippen LogP contribution is -2.52. The van der Waals surface area contributed by atoms with Crippen LogP contribution in [0.1, 0.15) is 24.0 Å². The van der Waals surface area contributed by atoms with Gasteiger partial charge in [-0.15, -0.1) is 0 Å². The zero-order chi connectivity index (χ0) is 22.5. The summed E-state index contributed by atoms with van der Waals surface area (Å²) in [7, 11) is -0.303. The van der Waals surface area contributed by atoms with Crippen molar-refractivity contribution in [3.63, 3.8) is 0 Å². The van der Waals surface area contributed by atoms with Gasteiger partial charge in [0, 0.05) is 51.4 Å². The van der Waals surface area contributed by atoms with Crippen LogP contribution < -0.4 is 14.2 Å². The molecule has 1 atom stereocenters. The van der Waals surface area contributed by atoms with Crippen molar-refractivity contribution in [1.82, 2.24) is 14.1 Å². The molecule has 0 saturated carbocycles. The van der Waals surface area contributed by atoms with E-state index in [0.717, 1.165) is 30.5 Å². The third-order valence-corrected chi connectivity index (χ3v) is 8.66. The summed E-state index contributed by atoms with van der Waals surface area (Å²) in [5.74, 6) is 1.10. The summed E-state index contributed by atoms with van der Waals surface area (Å²) in [6.45, 7) is 3.03. The van der Waals surface area contributed by atoms with Crippen LogP contribution in [0.15, 0.2) is 4.90 Å². The molecule has 0 N–H and O–H groups in total. The van der Waals surface area contributed by atoms with Crippen LogP contribution in [-0.4, -0.2) is 94.8 Å². The number of fused-ring (bicyclic) bond motifs is 2. The summed E-state index contributed by atoms with van der Waals surface area (Å²) in [5.41, 5.74) is 1.57. The average Bonchev–Trinajstić information content (AvgIpc) is 3.49. The first-order valence-electron chi connectivity index (χ1n) is 11.0. The molecule has 176 valence electrons. The second kappa shape index (κ2) is 8.36. The van der Waals surface area contributed by atoms with E-state index in [4.69, 9.17) is 18.9 Å². The third kappa shape index (κ3) is 3.51. The Kier molecular flexibility index (Phi) is 5.68. The number of amides is 1. The van der Waals surface area contributed by atoms with Gasteiger partial charge in [-0.25, -0.2) is 8.42 Å². The van der Waals surface area contributed by atoms with E-state index in [1.807, 2.05) is 7.05 Å². The highest BCUT2D eigenvalue weighted by atomic mass is 32.2. The van der Waals surface area contributed by atoms with Gasteiger partial charge in [-0.2, -0.15) is 4.31 Å². The van der Waals surface area contributed by atoms with Gasteiger partial charge in [0.05, 0.1) is 7.11 Å². The summed E-state index contributed by atoms with van der Waals surface area (Å²) < 4.78 is 51.6. The molecule has 1 amide bonds. The molecule has 0 aromatic heterocycles. The fraction of sp³-hybridized carbons (Fsp3) is 0.667. The maximum Gasteiger partial charge on any atom is 0.251 e. The number of carbonyl (C=O) groups excluding carboxylic acids is 1. The van der Waals surface area contributed by atoms with Gasteiger partial charge in [0.15, 0.2) is 11.5 Å². The molecule has 5 rings (SSSR count).